The Hall–Kier alpha value is -1.36. The third-order valence-electron chi connectivity index (χ3n) is 2.60. The summed E-state index contributed by atoms with van der Waals surface area (Å²) in [5.74, 6) is -0.105. The summed E-state index contributed by atoms with van der Waals surface area (Å²) >= 11 is 0. The minimum absolute atomic E-state index is 0.0162. The number of hydrogen-bond donors (Lipinski definition) is 2. The van der Waals surface area contributed by atoms with Crippen LogP contribution in [0.1, 0.15) is 13.3 Å². The molecule has 1 unspecified atom stereocenters. The van der Waals surface area contributed by atoms with Crippen LogP contribution < -0.4 is 10.6 Å². The van der Waals surface area contributed by atoms with E-state index in [1.165, 1.54) is 0 Å². The van der Waals surface area contributed by atoms with Gasteiger partial charge in [-0.05, 0) is 6.92 Å². The highest BCUT2D eigenvalue weighted by molar-refractivity contribution is 5.88. The molecule has 1 aliphatic rings. The highest BCUT2D eigenvalue weighted by Gasteiger charge is 2.28. The van der Waals surface area contributed by atoms with Crippen molar-refractivity contribution in [1.29, 1.82) is 0 Å². The van der Waals surface area contributed by atoms with Crippen LogP contribution in [0.2, 0.25) is 0 Å². The summed E-state index contributed by atoms with van der Waals surface area (Å²) in [5.41, 5.74) is 0. The molecule has 0 bridgehead atoms. The van der Waals surface area contributed by atoms with E-state index in [1.807, 2.05) is 6.92 Å². The lowest BCUT2D eigenvalue weighted by Crippen LogP contribution is -2.56. The topological polar surface area (TPSA) is 61.4 Å². The zero-order chi connectivity index (χ0) is 12.0. The average molecular weight is 225 g/mol. The van der Waals surface area contributed by atoms with Gasteiger partial charge in [-0.25, -0.2) is 0 Å². The number of piperazine rings is 1. The second kappa shape index (κ2) is 6.27. The third kappa shape index (κ3) is 3.34. The third-order valence-corrected chi connectivity index (χ3v) is 2.60. The first kappa shape index (κ1) is 12.7. The lowest BCUT2D eigenvalue weighted by Gasteiger charge is -2.32. The Morgan fingerprint density at radius 1 is 1.75 bits per heavy atom. The number of rotatable bonds is 5. The first-order valence-corrected chi connectivity index (χ1v) is 5.58. The van der Waals surface area contributed by atoms with Crippen molar-refractivity contribution in [3.8, 4) is 0 Å². The van der Waals surface area contributed by atoms with Crippen molar-refractivity contribution in [3.63, 3.8) is 0 Å². The van der Waals surface area contributed by atoms with E-state index in [1.54, 1.807) is 11.0 Å². The van der Waals surface area contributed by atoms with E-state index in [0.717, 1.165) is 13.1 Å². The lowest BCUT2D eigenvalue weighted by atomic mass is 10.1. The minimum Gasteiger partial charge on any atom is -0.353 e. The molecule has 1 fully saturated rings. The van der Waals surface area contributed by atoms with Gasteiger partial charge in [-0.1, -0.05) is 6.08 Å². The molecule has 1 rings (SSSR count). The zero-order valence-corrected chi connectivity index (χ0v) is 9.66. The second-order valence-electron chi connectivity index (χ2n) is 3.72. The maximum absolute atomic E-state index is 11.8. The number of carbonyl (C=O) groups is 2. The fourth-order valence-corrected chi connectivity index (χ4v) is 1.71. The van der Waals surface area contributed by atoms with Crippen LogP contribution >= 0.6 is 0 Å². The van der Waals surface area contributed by atoms with Crippen LogP contribution in [0.25, 0.3) is 0 Å². The van der Waals surface area contributed by atoms with Gasteiger partial charge in [0.25, 0.3) is 0 Å². The molecule has 0 spiro atoms. The van der Waals surface area contributed by atoms with E-state index in [-0.39, 0.29) is 24.3 Å². The summed E-state index contributed by atoms with van der Waals surface area (Å²) < 4.78 is 0. The maximum Gasteiger partial charge on any atom is 0.240 e. The summed E-state index contributed by atoms with van der Waals surface area (Å²) in [5, 5.41) is 5.73. The maximum atomic E-state index is 11.8. The number of amides is 2. The van der Waals surface area contributed by atoms with E-state index < -0.39 is 0 Å². The fraction of sp³-hybridized carbons (Fsp3) is 0.636. The highest BCUT2D eigenvalue weighted by Crippen LogP contribution is 2.04. The molecule has 0 aromatic carbocycles. The molecule has 0 aliphatic carbocycles. The van der Waals surface area contributed by atoms with Crippen LogP contribution in [-0.2, 0) is 9.59 Å². The van der Waals surface area contributed by atoms with Crippen molar-refractivity contribution in [2.24, 2.45) is 0 Å². The number of likely N-dealkylation sites (N-methyl/N-ethyl adjacent to an activating group) is 1. The van der Waals surface area contributed by atoms with Gasteiger partial charge in [0.2, 0.25) is 11.8 Å². The van der Waals surface area contributed by atoms with E-state index in [2.05, 4.69) is 17.2 Å². The summed E-state index contributed by atoms with van der Waals surface area (Å²) in [4.78, 5) is 25.0. The standard InChI is InChI=1S/C11H19N3O2/c1-3-5-13-10(15)8-9-11(16)14(4-2)7-6-12-9/h3,9,12H,1,4-8H2,2H3,(H,13,15). The van der Waals surface area contributed by atoms with Gasteiger partial charge in [-0.3, -0.25) is 9.59 Å². The molecule has 1 aliphatic heterocycles. The number of nitrogens with zero attached hydrogens (tertiary/aromatic N) is 1. The summed E-state index contributed by atoms with van der Waals surface area (Å²) in [7, 11) is 0. The van der Waals surface area contributed by atoms with E-state index in [4.69, 9.17) is 0 Å². The van der Waals surface area contributed by atoms with Gasteiger partial charge in [0.1, 0.15) is 0 Å². The molecule has 16 heavy (non-hydrogen) atoms. The Labute approximate surface area is 95.9 Å². The molecule has 2 N–H and O–H groups in total. The van der Waals surface area contributed by atoms with E-state index >= 15 is 0 Å². The zero-order valence-electron chi connectivity index (χ0n) is 9.66. The Bertz CT molecular complexity index is 278. The SMILES string of the molecule is C=CCNC(=O)CC1NCCN(CC)C1=O. The Morgan fingerprint density at radius 3 is 3.12 bits per heavy atom. The first-order valence-electron chi connectivity index (χ1n) is 5.58. The van der Waals surface area contributed by atoms with Gasteiger partial charge in [0.15, 0.2) is 0 Å². The van der Waals surface area contributed by atoms with Crippen molar-refractivity contribution in [2.75, 3.05) is 26.2 Å². The Kier molecular flexibility index (Phi) is 4.98. The van der Waals surface area contributed by atoms with Crippen LogP contribution in [0.5, 0.6) is 0 Å². The summed E-state index contributed by atoms with van der Waals surface area (Å²) in [6, 6.07) is -0.376. The molecule has 0 radical (unpaired) electrons. The molecule has 1 atom stereocenters. The van der Waals surface area contributed by atoms with Crippen LogP contribution in [0.4, 0.5) is 0 Å². The molecule has 90 valence electrons. The Balaban J connectivity index is 2.43. The first-order chi connectivity index (χ1) is 7.69. The largest absolute Gasteiger partial charge is 0.353 e. The molecule has 0 saturated carbocycles. The fourth-order valence-electron chi connectivity index (χ4n) is 1.71. The van der Waals surface area contributed by atoms with Crippen LogP contribution in [0.3, 0.4) is 0 Å². The van der Waals surface area contributed by atoms with E-state index in [9.17, 15) is 9.59 Å². The van der Waals surface area contributed by atoms with Gasteiger partial charge in [-0.15, -0.1) is 6.58 Å². The molecular formula is C11H19N3O2. The average Bonchev–Trinajstić information content (AvgIpc) is 2.29. The van der Waals surface area contributed by atoms with Gasteiger partial charge >= 0.3 is 0 Å². The quantitative estimate of drug-likeness (QED) is 0.620. The van der Waals surface area contributed by atoms with Gasteiger partial charge in [-0.2, -0.15) is 0 Å². The second-order valence-corrected chi connectivity index (χ2v) is 3.72. The smallest absolute Gasteiger partial charge is 0.240 e. The van der Waals surface area contributed by atoms with Crippen LogP contribution in [0.15, 0.2) is 12.7 Å². The van der Waals surface area contributed by atoms with Gasteiger partial charge < -0.3 is 15.5 Å². The molecule has 5 heteroatoms. The molecule has 5 nitrogen and oxygen atoms in total. The predicted octanol–water partition coefficient (Wildman–Crippen LogP) is -0.501. The van der Waals surface area contributed by atoms with Crippen molar-refractivity contribution in [1.82, 2.24) is 15.5 Å². The van der Waals surface area contributed by atoms with E-state index in [0.29, 0.717) is 13.1 Å². The molecule has 0 aromatic heterocycles. The molecule has 0 aromatic rings. The Morgan fingerprint density at radius 2 is 2.50 bits per heavy atom. The monoisotopic (exact) mass is 225 g/mol. The minimum atomic E-state index is -0.376. The number of hydrogen-bond acceptors (Lipinski definition) is 3. The summed E-state index contributed by atoms with van der Waals surface area (Å²) in [6.45, 7) is 8.07. The predicted molar refractivity (Wildman–Crippen MR) is 61.9 cm³/mol. The van der Waals surface area contributed by atoms with Gasteiger partial charge in [0.05, 0.1) is 12.5 Å². The molecule has 1 saturated heterocycles. The van der Waals surface area contributed by atoms with Crippen molar-refractivity contribution >= 4 is 11.8 Å². The number of nitrogens with one attached hydrogen (secondary N) is 2. The molecule has 2 amide bonds. The molecule has 1 heterocycles. The van der Waals surface area contributed by atoms with Gasteiger partial charge in [0, 0.05) is 26.2 Å². The number of carbonyl (C=O) groups excluding carboxylic acids is 2. The van der Waals surface area contributed by atoms with Crippen molar-refractivity contribution < 1.29 is 9.59 Å². The summed E-state index contributed by atoms with van der Waals surface area (Å²) in [6.07, 6.45) is 1.82. The van der Waals surface area contributed by atoms with Crippen LogP contribution in [0, 0.1) is 0 Å². The highest BCUT2D eigenvalue weighted by atomic mass is 16.2. The van der Waals surface area contributed by atoms with Crippen molar-refractivity contribution in [3.05, 3.63) is 12.7 Å². The molecular weight excluding hydrogens is 206 g/mol. The lowest BCUT2D eigenvalue weighted by molar-refractivity contribution is -0.138. The van der Waals surface area contributed by atoms with Crippen molar-refractivity contribution in [2.45, 2.75) is 19.4 Å². The normalized spacial score (nSPS) is 20.7. The van der Waals surface area contributed by atoms with Crippen LogP contribution in [-0.4, -0.2) is 48.9 Å².